The van der Waals surface area contributed by atoms with Gasteiger partial charge >= 0.3 is 0 Å². The molecule has 1 N–H and O–H groups in total. The highest BCUT2D eigenvalue weighted by atomic mass is 16.5. The Labute approximate surface area is 194 Å². The molecule has 33 heavy (non-hydrogen) atoms. The van der Waals surface area contributed by atoms with E-state index in [1.54, 1.807) is 42.5 Å². The highest BCUT2D eigenvalue weighted by Crippen LogP contribution is 2.44. The summed E-state index contributed by atoms with van der Waals surface area (Å²) in [5.74, 6) is -0.113. The summed E-state index contributed by atoms with van der Waals surface area (Å²) in [5, 5.41) is 11.2. The first kappa shape index (κ1) is 24.1. The molecule has 1 heterocycles. The second-order valence-corrected chi connectivity index (χ2v) is 7.99. The molecule has 1 unspecified atom stereocenters. The number of ketones is 1. The molecule has 3 rings (SSSR count). The molecule has 8 heteroatoms. The zero-order chi connectivity index (χ0) is 24.1. The predicted octanol–water partition coefficient (Wildman–Crippen LogP) is 3.09. The van der Waals surface area contributed by atoms with Crippen LogP contribution in [0.2, 0.25) is 0 Å². The van der Waals surface area contributed by atoms with Gasteiger partial charge in [0.05, 0.1) is 32.9 Å². The van der Waals surface area contributed by atoms with Gasteiger partial charge in [0, 0.05) is 17.7 Å². The maximum absolute atomic E-state index is 13.2. The third-order valence-electron chi connectivity index (χ3n) is 5.62. The second-order valence-electron chi connectivity index (χ2n) is 7.99. The van der Waals surface area contributed by atoms with Crippen LogP contribution in [0.5, 0.6) is 17.2 Å². The van der Waals surface area contributed by atoms with E-state index in [4.69, 9.17) is 14.2 Å². The van der Waals surface area contributed by atoms with Crippen LogP contribution in [0.4, 0.5) is 0 Å². The molecule has 0 radical (unpaired) electrons. The van der Waals surface area contributed by atoms with Gasteiger partial charge in [-0.25, -0.2) is 0 Å². The summed E-state index contributed by atoms with van der Waals surface area (Å²) in [4.78, 5) is 29.8. The Bertz CT molecular complexity index is 1060. The largest absolute Gasteiger partial charge is 0.507 e. The molecule has 2 aromatic rings. The molecule has 1 aliphatic heterocycles. The summed E-state index contributed by atoms with van der Waals surface area (Å²) in [7, 11) is 8.46. The number of aliphatic hydroxyl groups is 1. The molecule has 8 nitrogen and oxygen atoms in total. The number of aliphatic hydroxyl groups excluding tert-OH is 1. The SMILES string of the molecule is COc1cccc(/C(O)=C2\C(=O)C(=O)N(CCCN(C)C)C2c2cc(OC)ccc2OC)c1. The standard InChI is InChI=1S/C25H30N2O6/c1-26(2)12-7-13-27-22(19-15-18(32-4)10-11-20(19)33-5)21(24(29)25(27)30)23(28)16-8-6-9-17(14-16)31-3/h6,8-11,14-15,22,28H,7,12-13H2,1-5H3/b23-21+. The third-order valence-corrected chi connectivity index (χ3v) is 5.62. The fourth-order valence-electron chi connectivity index (χ4n) is 3.97. The number of likely N-dealkylation sites (tertiary alicyclic amines) is 1. The molecule has 2 aromatic carbocycles. The van der Waals surface area contributed by atoms with Crippen LogP contribution in [-0.4, -0.2) is 75.1 Å². The molecule has 0 saturated carbocycles. The zero-order valence-corrected chi connectivity index (χ0v) is 19.6. The Balaban J connectivity index is 2.20. The van der Waals surface area contributed by atoms with E-state index in [0.717, 1.165) is 6.54 Å². The van der Waals surface area contributed by atoms with Gasteiger partial charge in [0.1, 0.15) is 23.0 Å². The van der Waals surface area contributed by atoms with E-state index in [2.05, 4.69) is 0 Å². The number of ether oxygens (including phenoxy) is 3. The molecule has 1 saturated heterocycles. The van der Waals surface area contributed by atoms with Crippen molar-refractivity contribution in [3.63, 3.8) is 0 Å². The van der Waals surface area contributed by atoms with Crippen molar-refractivity contribution in [3.8, 4) is 17.2 Å². The van der Waals surface area contributed by atoms with Crippen molar-refractivity contribution in [2.24, 2.45) is 0 Å². The van der Waals surface area contributed by atoms with Gasteiger partial charge in [-0.2, -0.15) is 0 Å². The summed E-state index contributed by atoms with van der Waals surface area (Å²) >= 11 is 0. The molecule has 1 aliphatic rings. The smallest absolute Gasteiger partial charge is 0.295 e. The van der Waals surface area contributed by atoms with Crippen molar-refractivity contribution < 1.29 is 28.9 Å². The lowest BCUT2D eigenvalue weighted by Gasteiger charge is -2.27. The lowest BCUT2D eigenvalue weighted by Crippen LogP contribution is -2.32. The maximum atomic E-state index is 13.2. The molecule has 176 valence electrons. The fourth-order valence-corrected chi connectivity index (χ4v) is 3.97. The number of carbonyl (C=O) groups excluding carboxylic acids is 2. The number of nitrogens with zero attached hydrogens (tertiary/aromatic N) is 2. The van der Waals surface area contributed by atoms with Gasteiger partial charge < -0.3 is 29.1 Å². The summed E-state index contributed by atoms with van der Waals surface area (Å²) < 4.78 is 16.2. The average Bonchev–Trinajstić information content (AvgIpc) is 3.07. The van der Waals surface area contributed by atoms with Crippen molar-refractivity contribution in [2.75, 3.05) is 48.5 Å². The minimum absolute atomic E-state index is 0.00431. The molecule has 0 aromatic heterocycles. The van der Waals surface area contributed by atoms with Crippen LogP contribution in [-0.2, 0) is 9.59 Å². The van der Waals surface area contributed by atoms with E-state index in [1.807, 2.05) is 19.0 Å². The number of Topliss-reactive ketones (excluding diaryl/α,β-unsaturated/α-hetero) is 1. The van der Waals surface area contributed by atoms with Gasteiger partial charge in [-0.3, -0.25) is 9.59 Å². The van der Waals surface area contributed by atoms with Crippen LogP contribution < -0.4 is 14.2 Å². The van der Waals surface area contributed by atoms with Gasteiger partial charge in [0.2, 0.25) is 0 Å². The van der Waals surface area contributed by atoms with Gasteiger partial charge in [-0.15, -0.1) is 0 Å². The molecule has 0 bridgehead atoms. The molecule has 1 atom stereocenters. The van der Waals surface area contributed by atoms with Crippen molar-refractivity contribution in [1.29, 1.82) is 0 Å². The molecule has 1 amide bonds. The fraction of sp³-hybridized carbons (Fsp3) is 0.360. The summed E-state index contributed by atoms with van der Waals surface area (Å²) in [6.45, 7) is 1.07. The summed E-state index contributed by atoms with van der Waals surface area (Å²) in [6, 6.07) is 11.1. The van der Waals surface area contributed by atoms with Crippen LogP contribution >= 0.6 is 0 Å². The third kappa shape index (κ3) is 4.96. The minimum atomic E-state index is -0.830. The van der Waals surface area contributed by atoms with E-state index in [-0.39, 0.29) is 11.3 Å². The Hall–Kier alpha value is -3.52. The van der Waals surface area contributed by atoms with Crippen molar-refractivity contribution in [3.05, 3.63) is 59.2 Å². The quantitative estimate of drug-likeness (QED) is 0.354. The maximum Gasteiger partial charge on any atom is 0.295 e. The molecular formula is C25H30N2O6. The molecule has 1 fully saturated rings. The van der Waals surface area contributed by atoms with Gasteiger partial charge in [0.15, 0.2) is 0 Å². The van der Waals surface area contributed by atoms with Crippen LogP contribution in [0.3, 0.4) is 0 Å². The van der Waals surface area contributed by atoms with E-state index >= 15 is 0 Å². The number of hydrogen-bond donors (Lipinski definition) is 1. The number of amides is 1. The van der Waals surface area contributed by atoms with Crippen molar-refractivity contribution in [2.45, 2.75) is 12.5 Å². The van der Waals surface area contributed by atoms with Crippen LogP contribution in [0.25, 0.3) is 5.76 Å². The van der Waals surface area contributed by atoms with Crippen molar-refractivity contribution >= 4 is 17.4 Å². The monoisotopic (exact) mass is 454 g/mol. The Morgan fingerprint density at radius 2 is 1.70 bits per heavy atom. The minimum Gasteiger partial charge on any atom is -0.507 e. The van der Waals surface area contributed by atoms with E-state index in [9.17, 15) is 14.7 Å². The van der Waals surface area contributed by atoms with E-state index in [0.29, 0.717) is 41.3 Å². The van der Waals surface area contributed by atoms with Crippen LogP contribution in [0, 0.1) is 0 Å². The van der Waals surface area contributed by atoms with Gasteiger partial charge in [0.25, 0.3) is 11.7 Å². The number of carbonyl (C=O) groups is 2. The van der Waals surface area contributed by atoms with Gasteiger partial charge in [-0.05, 0) is 57.4 Å². The van der Waals surface area contributed by atoms with Crippen molar-refractivity contribution in [1.82, 2.24) is 9.80 Å². The van der Waals surface area contributed by atoms with E-state index in [1.165, 1.54) is 26.2 Å². The first-order valence-electron chi connectivity index (χ1n) is 10.6. The van der Waals surface area contributed by atoms with Gasteiger partial charge in [-0.1, -0.05) is 12.1 Å². The number of benzene rings is 2. The highest BCUT2D eigenvalue weighted by molar-refractivity contribution is 6.46. The Kier molecular flexibility index (Phi) is 7.60. The summed E-state index contributed by atoms with van der Waals surface area (Å²) in [5.41, 5.74) is 0.947. The molecular weight excluding hydrogens is 424 g/mol. The van der Waals surface area contributed by atoms with Crippen LogP contribution in [0.1, 0.15) is 23.6 Å². The van der Waals surface area contributed by atoms with Crippen LogP contribution in [0.15, 0.2) is 48.0 Å². The lowest BCUT2D eigenvalue weighted by molar-refractivity contribution is -0.140. The summed E-state index contributed by atoms with van der Waals surface area (Å²) in [6.07, 6.45) is 0.655. The highest BCUT2D eigenvalue weighted by Gasteiger charge is 2.47. The average molecular weight is 455 g/mol. The Morgan fingerprint density at radius 1 is 1.00 bits per heavy atom. The topological polar surface area (TPSA) is 88.5 Å². The predicted molar refractivity (Wildman–Crippen MR) is 125 cm³/mol. The number of methoxy groups -OCH3 is 3. The Morgan fingerprint density at radius 3 is 2.33 bits per heavy atom. The van der Waals surface area contributed by atoms with E-state index < -0.39 is 17.7 Å². The first-order valence-corrected chi connectivity index (χ1v) is 10.6. The molecule has 0 aliphatic carbocycles. The normalized spacial score (nSPS) is 17.5. The molecule has 0 spiro atoms. The lowest BCUT2D eigenvalue weighted by atomic mass is 9.94. The first-order chi connectivity index (χ1) is 15.8. The zero-order valence-electron chi connectivity index (χ0n) is 19.6. The second kappa shape index (κ2) is 10.4. The number of rotatable bonds is 9. The number of hydrogen-bond acceptors (Lipinski definition) is 7.